The highest BCUT2D eigenvalue weighted by atomic mass is 32.1. The third-order valence-corrected chi connectivity index (χ3v) is 5.11. The van der Waals surface area contributed by atoms with Gasteiger partial charge in [-0.2, -0.15) is 0 Å². The summed E-state index contributed by atoms with van der Waals surface area (Å²) in [6, 6.07) is 9.41. The number of guanidine groups is 1. The number of halogens is 1. The molecule has 0 radical (unpaired) electrons. The lowest BCUT2D eigenvalue weighted by molar-refractivity contribution is 0.486. The molecule has 2 heterocycles. The Kier molecular flexibility index (Phi) is 6.59. The first-order valence-electron chi connectivity index (χ1n) is 8.96. The second-order valence-corrected chi connectivity index (χ2v) is 7.21. The van der Waals surface area contributed by atoms with Crippen LogP contribution in [0.15, 0.2) is 59.4 Å². The molecule has 0 saturated heterocycles. The average Bonchev–Trinajstić information content (AvgIpc) is 3.37. The van der Waals surface area contributed by atoms with E-state index >= 15 is 0 Å². The topological polar surface area (TPSA) is 45.5 Å². The number of rotatable bonds is 7. The number of nitrogens with one attached hydrogen (secondary N) is 1. The summed E-state index contributed by atoms with van der Waals surface area (Å²) in [5, 5.41) is 5.40. The quantitative estimate of drug-likeness (QED) is 0.498. The average molecular weight is 386 g/mol. The Morgan fingerprint density at radius 1 is 1.37 bits per heavy atom. The number of imidazole rings is 1. The molecule has 0 amide bonds. The van der Waals surface area contributed by atoms with Gasteiger partial charge in [0.25, 0.3) is 0 Å². The summed E-state index contributed by atoms with van der Waals surface area (Å²) in [7, 11) is 2.03. The summed E-state index contributed by atoms with van der Waals surface area (Å²) >= 11 is 1.77. The van der Waals surface area contributed by atoms with Gasteiger partial charge in [0.2, 0.25) is 0 Å². The Morgan fingerprint density at radius 2 is 2.26 bits per heavy atom. The number of nitrogens with zero attached hydrogens (tertiary/aromatic N) is 4. The largest absolute Gasteiger partial charge is 0.357 e. The van der Waals surface area contributed by atoms with Crippen LogP contribution in [0.5, 0.6) is 0 Å². The maximum Gasteiger partial charge on any atom is 0.193 e. The summed E-state index contributed by atoms with van der Waals surface area (Å²) in [5.41, 5.74) is 1.32. The van der Waals surface area contributed by atoms with Crippen LogP contribution in [0, 0.1) is 5.82 Å². The monoisotopic (exact) mass is 385 g/mol. The predicted molar refractivity (Wildman–Crippen MR) is 109 cm³/mol. The zero-order valence-corrected chi connectivity index (χ0v) is 16.4. The van der Waals surface area contributed by atoms with Gasteiger partial charge >= 0.3 is 0 Å². The van der Waals surface area contributed by atoms with Gasteiger partial charge in [0.15, 0.2) is 5.96 Å². The van der Waals surface area contributed by atoms with Crippen molar-refractivity contribution in [2.24, 2.45) is 4.99 Å². The van der Waals surface area contributed by atoms with Crippen molar-refractivity contribution in [2.75, 3.05) is 20.1 Å². The van der Waals surface area contributed by atoms with E-state index in [-0.39, 0.29) is 5.82 Å². The number of benzene rings is 1. The normalized spacial score (nSPS) is 11.6. The highest BCUT2D eigenvalue weighted by Crippen LogP contribution is 2.16. The number of likely N-dealkylation sites (N-methyl/N-ethyl adjacent to an activating group) is 1. The number of hydrogen-bond acceptors (Lipinski definition) is 3. The Labute approximate surface area is 163 Å². The predicted octanol–water partition coefficient (Wildman–Crippen LogP) is 3.71. The fraction of sp³-hybridized carbons (Fsp3) is 0.300. The Morgan fingerprint density at radius 3 is 2.93 bits per heavy atom. The zero-order valence-electron chi connectivity index (χ0n) is 15.6. The molecule has 0 bridgehead atoms. The lowest BCUT2D eigenvalue weighted by Gasteiger charge is -2.21. The summed E-state index contributed by atoms with van der Waals surface area (Å²) in [6.45, 7) is 4.13. The van der Waals surface area contributed by atoms with Crippen LogP contribution in [0.4, 0.5) is 4.39 Å². The number of thiophene rings is 1. The summed E-state index contributed by atoms with van der Waals surface area (Å²) in [6.07, 6.45) is 5.92. The molecule has 27 heavy (non-hydrogen) atoms. The van der Waals surface area contributed by atoms with Gasteiger partial charge in [-0.3, -0.25) is 0 Å². The molecule has 2 aromatic heterocycles. The first-order valence-corrected chi connectivity index (χ1v) is 9.84. The fourth-order valence-corrected chi connectivity index (χ4v) is 3.43. The van der Waals surface area contributed by atoms with E-state index in [2.05, 4.69) is 37.7 Å². The fourth-order valence-electron chi connectivity index (χ4n) is 2.73. The molecule has 3 rings (SSSR count). The van der Waals surface area contributed by atoms with Crippen molar-refractivity contribution in [1.29, 1.82) is 0 Å². The van der Waals surface area contributed by atoms with Crippen molar-refractivity contribution in [3.05, 3.63) is 70.7 Å². The zero-order chi connectivity index (χ0) is 19.1. The van der Waals surface area contributed by atoms with E-state index in [1.54, 1.807) is 40.7 Å². The third kappa shape index (κ3) is 5.17. The Balaban J connectivity index is 1.66. The van der Waals surface area contributed by atoms with Crippen molar-refractivity contribution in [1.82, 2.24) is 19.8 Å². The van der Waals surface area contributed by atoms with E-state index in [0.29, 0.717) is 12.2 Å². The van der Waals surface area contributed by atoms with Gasteiger partial charge in [0, 0.05) is 37.4 Å². The van der Waals surface area contributed by atoms with Crippen LogP contribution in [0.25, 0.3) is 5.69 Å². The van der Waals surface area contributed by atoms with E-state index in [1.165, 1.54) is 10.9 Å². The van der Waals surface area contributed by atoms with Crippen LogP contribution >= 0.6 is 11.3 Å². The van der Waals surface area contributed by atoms with Crippen molar-refractivity contribution in [3.63, 3.8) is 0 Å². The molecule has 0 aliphatic carbocycles. The van der Waals surface area contributed by atoms with Gasteiger partial charge in [-0.1, -0.05) is 12.1 Å². The molecule has 142 valence electrons. The summed E-state index contributed by atoms with van der Waals surface area (Å²) in [5.74, 6) is 0.546. The maximum atomic E-state index is 14.4. The van der Waals surface area contributed by atoms with Crippen molar-refractivity contribution in [2.45, 2.75) is 19.9 Å². The summed E-state index contributed by atoms with van der Waals surface area (Å²) < 4.78 is 16.1. The molecule has 3 aromatic rings. The molecule has 7 heteroatoms. The second-order valence-electron chi connectivity index (χ2n) is 6.18. The smallest absolute Gasteiger partial charge is 0.193 e. The molecule has 1 N–H and O–H groups in total. The Hall–Kier alpha value is -2.67. The standard InChI is InChI=1S/C20H24FN5S/c1-3-23-20(25(2)10-8-17-5-4-12-27-17)24-14-16-6-7-19(18(21)13-16)26-11-9-22-15-26/h4-7,9,11-13,15H,3,8,10,14H2,1-2H3,(H,23,24). The molecule has 0 saturated carbocycles. The van der Waals surface area contributed by atoms with Crippen LogP contribution in [-0.4, -0.2) is 40.5 Å². The van der Waals surface area contributed by atoms with Gasteiger partial charge < -0.3 is 14.8 Å². The minimum absolute atomic E-state index is 0.281. The molecular formula is C20H24FN5S. The second kappa shape index (κ2) is 9.32. The first kappa shape index (κ1) is 19.1. The van der Waals surface area contributed by atoms with Crippen LogP contribution in [0.2, 0.25) is 0 Å². The number of hydrogen-bond donors (Lipinski definition) is 1. The van der Waals surface area contributed by atoms with E-state index in [0.717, 1.165) is 31.0 Å². The van der Waals surface area contributed by atoms with E-state index in [4.69, 9.17) is 0 Å². The van der Waals surface area contributed by atoms with E-state index < -0.39 is 0 Å². The minimum atomic E-state index is -0.281. The lowest BCUT2D eigenvalue weighted by Crippen LogP contribution is -2.39. The maximum absolute atomic E-state index is 14.4. The molecule has 0 fully saturated rings. The molecule has 0 spiro atoms. The van der Waals surface area contributed by atoms with Crippen molar-refractivity contribution >= 4 is 17.3 Å². The van der Waals surface area contributed by atoms with Gasteiger partial charge in [-0.15, -0.1) is 11.3 Å². The number of aromatic nitrogens is 2. The molecule has 5 nitrogen and oxygen atoms in total. The first-order chi connectivity index (χ1) is 13.2. The molecule has 0 aliphatic heterocycles. The SMILES string of the molecule is CCNC(=NCc1ccc(-n2ccnc2)c(F)c1)N(C)CCc1cccs1. The van der Waals surface area contributed by atoms with Crippen LogP contribution < -0.4 is 5.32 Å². The van der Waals surface area contributed by atoms with Gasteiger partial charge in [-0.05, 0) is 42.5 Å². The molecule has 0 unspecified atom stereocenters. The van der Waals surface area contributed by atoms with E-state index in [1.807, 2.05) is 20.0 Å². The third-order valence-electron chi connectivity index (χ3n) is 4.18. The molecule has 0 aliphatic rings. The highest BCUT2D eigenvalue weighted by molar-refractivity contribution is 7.09. The van der Waals surface area contributed by atoms with Gasteiger partial charge in [0.05, 0.1) is 18.6 Å². The molecule has 1 aromatic carbocycles. The lowest BCUT2D eigenvalue weighted by atomic mass is 10.2. The molecule has 0 atom stereocenters. The highest BCUT2D eigenvalue weighted by Gasteiger charge is 2.08. The van der Waals surface area contributed by atoms with Crippen LogP contribution in [0.3, 0.4) is 0 Å². The molecular weight excluding hydrogens is 361 g/mol. The van der Waals surface area contributed by atoms with Crippen molar-refractivity contribution in [3.8, 4) is 5.69 Å². The number of aliphatic imine (C=N–C) groups is 1. The minimum Gasteiger partial charge on any atom is -0.357 e. The van der Waals surface area contributed by atoms with Gasteiger partial charge in [0.1, 0.15) is 5.82 Å². The van der Waals surface area contributed by atoms with Crippen LogP contribution in [0.1, 0.15) is 17.4 Å². The summed E-state index contributed by atoms with van der Waals surface area (Å²) in [4.78, 5) is 12.1. The van der Waals surface area contributed by atoms with Gasteiger partial charge in [-0.25, -0.2) is 14.4 Å². The van der Waals surface area contributed by atoms with Crippen molar-refractivity contribution < 1.29 is 4.39 Å². The van der Waals surface area contributed by atoms with E-state index in [9.17, 15) is 4.39 Å². The Bertz CT molecular complexity index is 859. The van der Waals surface area contributed by atoms with Crippen LogP contribution in [-0.2, 0) is 13.0 Å².